The van der Waals surface area contributed by atoms with Gasteiger partial charge in [-0.05, 0) is 37.3 Å². The molecule has 0 bridgehead atoms. The number of nitrogens with one attached hydrogen (secondary N) is 1. The first kappa shape index (κ1) is 16.6. The van der Waals surface area contributed by atoms with E-state index < -0.39 is 0 Å². The fourth-order valence-electron chi connectivity index (χ4n) is 2.08. The van der Waals surface area contributed by atoms with E-state index in [0.29, 0.717) is 31.1 Å². The third-order valence-electron chi connectivity index (χ3n) is 3.20. The third-order valence-corrected chi connectivity index (χ3v) is 3.20. The molecule has 0 aliphatic carbocycles. The van der Waals surface area contributed by atoms with Crippen LogP contribution >= 0.6 is 0 Å². The average Bonchev–Trinajstić information content (AvgIpc) is 2.59. The lowest BCUT2D eigenvalue weighted by Crippen LogP contribution is -2.23. The number of ether oxygens (including phenoxy) is 2. The van der Waals surface area contributed by atoms with Crippen LogP contribution in [-0.4, -0.2) is 19.1 Å². The first-order chi connectivity index (χ1) is 11.2. The van der Waals surface area contributed by atoms with Gasteiger partial charge in [-0.1, -0.05) is 30.9 Å². The topological polar surface area (TPSA) is 47.6 Å². The van der Waals surface area contributed by atoms with Crippen molar-refractivity contribution >= 4 is 5.91 Å². The monoisotopic (exact) mass is 311 g/mol. The molecule has 0 heterocycles. The van der Waals surface area contributed by atoms with Crippen molar-refractivity contribution in [3.63, 3.8) is 0 Å². The Balaban J connectivity index is 1.95. The number of hydrogen-bond acceptors (Lipinski definition) is 3. The van der Waals surface area contributed by atoms with Gasteiger partial charge in [0, 0.05) is 17.7 Å². The molecule has 120 valence electrons. The number of amides is 1. The largest absolute Gasteiger partial charge is 0.494 e. The highest BCUT2D eigenvalue weighted by molar-refractivity contribution is 5.94. The molecule has 4 heteroatoms. The molecule has 1 N–H and O–H groups in total. The summed E-state index contributed by atoms with van der Waals surface area (Å²) in [4.78, 5) is 12.2. The van der Waals surface area contributed by atoms with Crippen molar-refractivity contribution in [1.82, 2.24) is 5.32 Å². The van der Waals surface area contributed by atoms with Gasteiger partial charge in [-0.2, -0.15) is 0 Å². The Kier molecular flexibility index (Phi) is 6.24. The average molecular weight is 311 g/mol. The summed E-state index contributed by atoms with van der Waals surface area (Å²) < 4.78 is 10.9. The lowest BCUT2D eigenvalue weighted by Gasteiger charge is -2.11. The van der Waals surface area contributed by atoms with Gasteiger partial charge < -0.3 is 14.8 Å². The second-order valence-electron chi connectivity index (χ2n) is 4.85. The Morgan fingerprint density at radius 1 is 1.13 bits per heavy atom. The maximum atomic E-state index is 12.2. The number of para-hydroxylation sites is 1. The molecular weight excluding hydrogens is 290 g/mol. The molecule has 0 radical (unpaired) electrons. The summed E-state index contributed by atoms with van der Waals surface area (Å²) in [5.74, 6) is 1.37. The standard InChI is InChI=1S/C19H21NO3/c1-3-13-23-17-11-9-15(10-12-17)19(21)20-14-16-7-5-6-8-18(16)22-4-2/h3,5-12H,1,4,13-14H2,2H3,(H,20,21). The molecule has 1 amide bonds. The van der Waals surface area contributed by atoms with Crippen LogP contribution in [0.4, 0.5) is 0 Å². The van der Waals surface area contributed by atoms with Crippen molar-refractivity contribution in [1.29, 1.82) is 0 Å². The van der Waals surface area contributed by atoms with Crippen molar-refractivity contribution in [3.8, 4) is 11.5 Å². The smallest absolute Gasteiger partial charge is 0.251 e. The Bertz CT molecular complexity index is 650. The van der Waals surface area contributed by atoms with Crippen molar-refractivity contribution < 1.29 is 14.3 Å². The van der Waals surface area contributed by atoms with E-state index in [9.17, 15) is 4.79 Å². The summed E-state index contributed by atoms with van der Waals surface area (Å²) in [6.45, 7) is 6.99. The fraction of sp³-hybridized carbons (Fsp3) is 0.211. The zero-order valence-corrected chi connectivity index (χ0v) is 13.2. The molecule has 2 aromatic rings. The van der Waals surface area contributed by atoms with Crippen molar-refractivity contribution in [2.75, 3.05) is 13.2 Å². The van der Waals surface area contributed by atoms with Crippen LogP contribution in [0.5, 0.6) is 11.5 Å². The van der Waals surface area contributed by atoms with Crippen LogP contribution in [-0.2, 0) is 6.54 Å². The SMILES string of the molecule is C=CCOc1ccc(C(=O)NCc2ccccc2OCC)cc1. The molecular formula is C19H21NO3. The summed E-state index contributed by atoms with van der Waals surface area (Å²) in [7, 11) is 0. The van der Waals surface area contributed by atoms with Crippen molar-refractivity contribution in [3.05, 3.63) is 72.3 Å². The Morgan fingerprint density at radius 2 is 1.87 bits per heavy atom. The predicted octanol–water partition coefficient (Wildman–Crippen LogP) is 3.58. The van der Waals surface area contributed by atoms with E-state index in [1.54, 1.807) is 30.3 Å². The highest BCUT2D eigenvalue weighted by atomic mass is 16.5. The van der Waals surface area contributed by atoms with E-state index in [1.807, 2.05) is 31.2 Å². The molecule has 4 nitrogen and oxygen atoms in total. The third kappa shape index (κ3) is 4.88. The molecule has 0 spiro atoms. The second kappa shape index (κ2) is 8.63. The van der Waals surface area contributed by atoms with Gasteiger partial charge in [0.25, 0.3) is 5.91 Å². The van der Waals surface area contributed by atoms with E-state index in [-0.39, 0.29) is 5.91 Å². The van der Waals surface area contributed by atoms with Gasteiger partial charge in [-0.15, -0.1) is 0 Å². The molecule has 0 saturated carbocycles. The maximum absolute atomic E-state index is 12.2. The summed E-state index contributed by atoms with van der Waals surface area (Å²) in [5, 5.41) is 2.90. The molecule has 23 heavy (non-hydrogen) atoms. The van der Waals surface area contributed by atoms with Gasteiger partial charge in [0.2, 0.25) is 0 Å². The zero-order chi connectivity index (χ0) is 16.5. The van der Waals surface area contributed by atoms with Crippen molar-refractivity contribution in [2.24, 2.45) is 0 Å². The minimum absolute atomic E-state index is 0.133. The molecule has 0 aromatic heterocycles. The van der Waals surface area contributed by atoms with E-state index >= 15 is 0 Å². The van der Waals surface area contributed by atoms with Crippen LogP contribution in [0.15, 0.2) is 61.2 Å². The van der Waals surface area contributed by atoms with Crippen LogP contribution in [0.1, 0.15) is 22.8 Å². The molecule has 0 aliphatic heterocycles. The molecule has 0 atom stereocenters. The van der Waals surface area contributed by atoms with Gasteiger partial charge in [-0.3, -0.25) is 4.79 Å². The van der Waals surface area contributed by atoms with Crippen LogP contribution in [0, 0.1) is 0 Å². The highest BCUT2D eigenvalue weighted by Gasteiger charge is 2.08. The van der Waals surface area contributed by atoms with E-state index in [1.165, 1.54) is 0 Å². The van der Waals surface area contributed by atoms with Gasteiger partial charge in [0.15, 0.2) is 0 Å². The highest BCUT2D eigenvalue weighted by Crippen LogP contribution is 2.18. The number of benzene rings is 2. The van der Waals surface area contributed by atoms with E-state index in [2.05, 4.69) is 11.9 Å². The van der Waals surface area contributed by atoms with E-state index in [4.69, 9.17) is 9.47 Å². The van der Waals surface area contributed by atoms with Gasteiger partial charge >= 0.3 is 0 Å². The van der Waals surface area contributed by atoms with Gasteiger partial charge in [-0.25, -0.2) is 0 Å². The first-order valence-electron chi connectivity index (χ1n) is 7.57. The van der Waals surface area contributed by atoms with Crippen LogP contribution in [0.3, 0.4) is 0 Å². The van der Waals surface area contributed by atoms with Crippen LogP contribution < -0.4 is 14.8 Å². The number of rotatable bonds is 8. The number of carbonyl (C=O) groups is 1. The zero-order valence-electron chi connectivity index (χ0n) is 13.2. The lowest BCUT2D eigenvalue weighted by atomic mass is 10.1. The molecule has 2 rings (SSSR count). The number of carbonyl (C=O) groups excluding carboxylic acids is 1. The van der Waals surface area contributed by atoms with E-state index in [0.717, 1.165) is 11.3 Å². The number of hydrogen-bond donors (Lipinski definition) is 1. The van der Waals surface area contributed by atoms with Gasteiger partial charge in [0.1, 0.15) is 18.1 Å². The van der Waals surface area contributed by atoms with Crippen LogP contribution in [0.25, 0.3) is 0 Å². The Hall–Kier alpha value is -2.75. The minimum atomic E-state index is -0.133. The summed E-state index contributed by atoms with van der Waals surface area (Å²) >= 11 is 0. The maximum Gasteiger partial charge on any atom is 0.251 e. The molecule has 2 aromatic carbocycles. The van der Waals surface area contributed by atoms with Gasteiger partial charge in [0.05, 0.1) is 6.61 Å². The molecule has 0 unspecified atom stereocenters. The lowest BCUT2D eigenvalue weighted by molar-refractivity contribution is 0.0950. The second-order valence-corrected chi connectivity index (χ2v) is 4.85. The quantitative estimate of drug-likeness (QED) is 0.758. The summed E-state index contributed by atoms with van der Waals surface area (Å²) in [6.07, 6.45) is 1.68. The fourth-order valence-corrected chi connectivity index (χ4v) is 2.08. The summed E-state index contributed by atoms with van der Waals surface area (Å²) in [6, 6.07) is 14.7. The first-order valence-corrected chi connectivity index (χ1v) is 7.57. The Labute approximate surface area is 136 Å². The predicted molar refractivity (Wildman–Crippen MR) is 90.9 cm³/mol. The Morgan fingerprint density at radius 3 is 2.57 bits per heavy atom. The van der Waals surface area contributed by atoms with Crippen molar-refractivity contribution in [2.45, 2.75) is 13.5 Å². The normalized spacial score (nSPS) is 9.96. The molecule has 0 saturated heterocycles. The minimum Gasteiger partial charge on any atom is -0.494 e. The van der Waals surface area contributed by atoms with Crippen LogP contribution in [0.2, 0.25) is 0 Å². The summed E-state index contributed by atoms with van der Waals surface area (Å²) in [5.41, 5.74) is 1.54. The molecule has 0 fully saturated rings. The molecule has 0 aliphatic rings.